The highest BCUT2D eigenvalue weighted by Gasteiger charge is 2.13. The van der Waals surface area contributed by atoms with E-state index in [1.54, 1.807) is 6.92 Å². The molecule has 0 aliphatic carbocycles. The number of aromatic nitrogens is 2. The highest BCUT2D eigenvalue weighted by atomic mass is 32.1. The highest BCUT2D eigenvalue weighted by Crippen LogP contribution is 2.25. The van der Waals surface area contributed by atoms with Gasteiger partial charge in [-0.2, -0.15) is 0 Å². The molecule has 0 spiro atoms. The number of benzene rings is 1. The molecule has 0 unspecified atom stereocenters. The first-order valence-electron chi connectivity index (χ1n) is 6.03. The molecule has 1 heterocycles. The fourth-order valence-electron chi connectivity index (χ4n) is 1.48. The summed E-state index contributed by atoms with van der Waals surface area (Å²) in [6.07, 6.45) is -0.325. The van der Waals surface area contributed by atoms with E-state index < -0.39 is 11.9 Å². The van der Waals surface area contributed by atoms with Crippen molar-refractivity contribution in [3.8, 4) is 10.6 Å². The maximum atomic E-state index is 11.6. The third-order valence-electron chi connectivity index (χ3n) is 2.30. The van der Waals surface area contributed by atoms with Crippen LogP contribution in [0.25, 0.3) is 10.6 Å². The summed E-state index contributed by atoms with van der Waals surface area (Å²) in [5.74, 6) is -1.02. The Bertz CT molecular complexity index is 598. The average Bonchev–Trinajstić information content (AvgIpc) is 2.88. The number of hydrogen-bond donors (Lipinski definition) is 1. The van der Waals surface area contributed by atoms with Crippen molar-refractivity contribution in [2.24, 2.45) is 0 Å². The van der Waals surface area contributed by atoms with Gasteiger partial charge in [0.1, 0.15) is 11.4 Å². The summed E-state index contributed by atoms with van der Waals surface area (Å²) >= 11 is 1.25. The van der Waals surface area contributed by atoms with Crippen molar-refractivity contribution in [1.82, 2.24) is 10.2 Å². The van der Waals surface area contributed by atoms with Crippen LogP contribution in [0.4, 0.5) is 5.13 Å². The van der Waals surface area contributed by atoms with Crippen LogP contribution in [0.3, 0.4) is 0 Å². The van der Waals surface area contributed by atoms with E-state index in [-0.39, 0.29) is 13.0 Å². The van der Waals surface area contributed by atoms with E-state index in [9.17, 15) is 9.59 Å². The Morgan fingerprint density at radius 2 is 2.00 bits per heavy atom. The fourth-order valence-corrected chi connectivity index (χ4v) is 2.24. The van der Waals surface area contributed by atoms with Crippen LogP contribution in [-0.2, 0) is 14.3 Å². The quantitative estimate of drug-likeness (QED) is 0.674. The van der Waals surface area contributed by atoms with Crippen molar-refractivity contribution in [3.05, 3.63) is 30.3 Å². The number of rotatable bonds is 5. The summed E-state index contributed by atoms with van der Waals surface area (Å²) in [4.78, 5) is 22.7. The first-order valence-corrected chi connectivity index (χ1v) is 6.85. The van der Waals surface area contributed by atoms with Gasteiger partial charge in [-0.3, -0.25) is 9.59 Å². The molecule has 0 bridgehead atoms. The Hall–Kier alpha value is -2.28. The molecule has 0 radical (unpaired) electrons. The molecule has 0 saturated heterocycles. The summed E-state index contributed by atoms with van der Waals surface area (Å²) in [6, 6.07) is 9.52. The first kappa shape index (κ1) is 14.1. The molecule has 2 aromatic rings. The normalized spacial score (nSPS) is 10.1. The lowest BCUT2D eigenvalue weighted by Crippen LogP contribution is -2.18. The molecule has 0 saturated carbocycles. The van der Waals surface area contributed by atoms with Gasteiger partial charge in [0.2, 0.25) is 11.0 Å². The molecule has 1 N–H and O–H groups in total. The Labute approximate surface area is 119 Å². The molecule has 104 valence electrons. The molecule has 7 heteroatoms. The molecule has 20 heavy (non-hydrogen) atoms. The van der Waals surface area contributed by atoms with Crippen LogP contribution in [0.1, 0.15) is 13.3 Å². The van der Waals surface area contributed by atoms with Crippen molar-refractivity contribution in [2.45, 2.75) is 13.3 Å². The average molecular weight is 291 g/mol. The number of esters is 1. The molecule has 0 fully saturated rings. The summed E-state index contributed by atoms with van der Waals surface area (Å²) in [5.41, 5.74) is 0.927. The second-order valence-corrected chi connectivity index (χ2v) is 4.79. The summed E-state index contributed by atoms with van der Waals surface area (Å²) < 4.78 is 4.69. The number of nitrogens with zero attached hydrogens (tertiary/aromatic N) is 2. The Kier molecular flexibility index (Phi) is 4.78. The molecule has 0 aliphatic rings. The summed E-state index contributed by atoms with van der Waals surface area (Å²) in [6.45, 7) is 1.94. The molecule has 0 atom stereocenters. The molecule has 0 aliphatic heterocycles. The molecule has 2 rings (SSSR count). The van der Waals surface area contributed by atoms with Gasteiger partial charge in [0.25, 0.3) is 0 Å². The minimum absolute atomic E-state index is 0.253. The standard InChI is InChI=1S/C13H13N3O3S/c1-2-19-11(18)8-10(17)14-13-16-15-12(20-13)9-6-4-3-5-7-9/h3-7H,2,8H2,1H3,(H,14,16,17). The minimum Gasteiger partial charge on any atom is -0.466 e. The zero-order valence-electron chi connectivity index (χ0n) is 10.8. The maximum Gasteiger partial charge on any atom is 0.315 e. The van der Waals surface area contributed by atoms with Gasteiger partial charge >= 0.3 is 5.97 Å². The van der Waals surface area contributed by atoms with Crippen molar-refractivity contribution in [3.63, 3.8) is 0 Å². The van der Waals surface area contributed by atoms with Gasteiger partial charge in [0.15, 0.2) is 0 Å². The molecule has 1 aromatic heterocycles. The van der Waals surface area contributed by atoms with E-state index in [2.05, 4.69) is 15.5 Å². The van der Waals surface area contributed by atoms with E-state index in [0.717, 1.165) is 5.56 Å². The summed E-state index contributed by atoms with van der Waals surface area (Å²) in [5, 5.41) is 11.5. The second kappa shape index (κ2) is 6.76. The number of nitrogens with one attached hydrogen (secondary N) is 1. The lowest BCUT2D eigenvalue weighted by molar-refractivity contribution is -0.145. The van der Waals surface area contributed by atoms with Crippen LogP contribution in [-0.4, -0.2) is 28.7 Å². The topological polar surface area (TPSA) is 81.2 Å². The van der Waals surface area contributed by atoms with Crippen LogP contribution >= 0.6 is 11.3 Å². The third kappa shape index (κ3) is 3.86. The van der Waals surface area contributed by atoms with Gasteiger partial charge in [-0.05, 0) is 6.92 Å². The van der Waals surface area contributed by atoms with Gasteiger partial charge in [0, 0.05) is 5.56 Å². The van der Waals surface area contributed by atoms with Crippen molar-refractivity contribution < 1.29 is 14.3 Å². The van der Waals surface area contributed by atoms with E-state index in [1.165, 1.54) is 11.3 Å². The van der Waals surface area contributed by atoms with Crippen LogP contribution in [0.15, 0.2) is 30.3 Å². The fraction of sp³-hybridized carbons (Fsp3) is 0.231. The van der Waals surface area contributed by atoms with Crippen molar-refractivity contribution in [2.75, 3.05) is 11.9 Å². The van der Waals surface area contributed by atoms with E-state index in [0.29, 0.717) is 10.1 Å². The number of hydrogen-bond acceptors (Lipinski definition) is 6. The highest BCUT2D eigenvalue weighted by molar-refractivity contribution is 7.18. The molecule has 1 amide bonds. The number of amides is 1. The van der Waals surface area contributed by atoms with Gasteiger partial charge in [0.05, 0.1) is 6.61 Å². The lowest BCUT2D eigenvalue weighted by Gasteiger charge is -2.00. The maximum absolute atomic E-state index is 11.6. The second-order valence-electron chi connectivity index (χ2n) is 3.81. The van der Waals surface area contributed by atoms with E-state index in [4.69, 9.17) is 4.74 Å². The number of anilines is 1. The van der Waals surface area contributed by atoms with Crippen molar-refractivity contribution in [1.29, 1.82) is 0 Å². The van der Waals surface area contributed by atoms with E-state index in [1.807, 2.05) is 30.3 Å². The van der Waals surface area contributed by atoms with Gasteiger partial charge in [-0.25, -0.2) is 0 Å². The summed E-state index contributed by atoms with van der Waals surface area (Å²) in [7, 11) is 0. The van der Waals surface area contributed by atoms with Crippen LogP contribution < -0.4 is 5.32 Å². The smallest absolute Gasteiger partial charge is 0.315 e. The number of ether oxygens (including phenoxy) is 1. The lowest BCUT2D eigenvalue weighted by atomic mass is 10.2. The van der Waals surface area contributed by atoms with Crippen LogP contribution in [0.5, 0.6) is 0 Å². The minimum atomic E-state index is -0.558. The molecule has 6 nitrogen and oxygen atoms in total. The SMILES string of the molecule is CCOC(=O)CC(=O)Nc1nnc(-c2ccccc2)s1. The Morgan fingerprint density at radius 1 is 1.25 bits per heavy atom. The Balaban J connectivity index is 1.96. The molecular weight excluding hydrogens is 278 g/mol. The van der Waals surface area contributed by atoms with Gasteiger partial charge in [-0.1, -0.05) is 41.7 Å². The number of carbonyl (C=O) groups excluding carboxylic acids is 2. The van der Waals surface area contributed by atoms with Gasteiger partial charge in [-0.15, -0.1) is 10.2 Å². The monoisotopic (exact) mass is 291 g/mol. The molecular formula is C13H13N3O3S. The van der Waals surface area contributed by atoms with E-state index >= 15 is 0 Å². The van der Waals surface area contributed by atoms with Crippen LogP contribution in [0, 0.1) is 0 Å². The third-order valence-corrected chi connectivity index (χ3v) is 3.19. The zero-order valence-corrected chi connectivity index (χ0v) is 11.6. The van der Waals surface area contributed by atoms with Gasteiger partial charge < -0.3 is 10.1 Å². The largest absolute Gasteiger partial charge is 0.466 e. The Morgan fingerprint density at radius 3 is 2.70 bits per heavy atom. The predicted molar refractivity (Wildman–Crippen MR) is 75.2 cm³/mol. The van der Waals surface area contributed by atoms with Crippen molar-refractivity contribution >= 4 is 28.3 Å². The first-order chi connectivity index (χ1) is 9.69. The van der Waals surface area contributed by atoms with Crippen LogP contribution in [0.2, 0.25) is 0 Å². The number of carbonyl (C=O) groups is 2. The molecule has 1 aromatic carbocycles. The zero-order chi connectivity index (χ0) is 14.4. The predicted octanol–water partition coefficient (Wildman–Crippen LogP) is 2.10.